The first kappa shape index (κ1) is 25.1. The maximum atomic E-state index is 12.7. The average Bonchev–Trinajstić information content (AvgIpc) is 3.52. The third-order valence-corrected chi connectivity index (χ3v) is 8.64. The Morgan fingerprint density at radius 1 is 0.921 bits per heavy atom. The number of benzene rings is 3. The van der Waals surface area contributed by atoms with Crippen molar-refractivity contribution in [3.8, 4) is 16.9 Å². The zero-order valence-electron chi connectivity index (χ0n) is 22.5. The molecule has 3 aromatic carbocycles. The summed E-state index contributed by atoms with van der Waals surface area (Å²) in [5.74, 6) is 0.784. The second kappa shape index (κ2) is 11.3. The summed E-state index contributed by atoms with van der Waals surface area (Å²) in [5, 5.41) is 3.10. The van der Waals surface area contributed by atoms with Gasteiger partial charge in [0.15, 0.2) is 0 Å². The molecule has 0 saturated carbocycles. The number of hydrogen-bond acceptors (Lipinski definition) is 4. The molecule has 0 aromatic heterocycles. The molecule has 198 valence electrons. The Balaban J connectivity index is 0.981. The number of hydrogen-bond donors (Lipinski definition) is 1. The Morgan fingerprint density at radius 2 is 1.76 bits per heavy atom. The van der Waals surface area contributed by atoms with Gasteiger partial charge in [-0.05, 0) is 104 Å². The van der Waals surface area contributed by atoms with Crippen LogP contribution in [0.3, 0.4) is 0 Å². The van der Waals surface area contributed by atoms with E-state index in [1.54, 1.807) is 0 Å². The number of carbonyl (C=O) groups excluding carboxylic acids is 1. The number of rotatable bonds is 8. The van der Waals surface area contributed by atoms with E-state index in [4.69, 9.17) is 4.74 Å². The molecule has 0 spiro atoms. The predicted octanol–water partition coefficient (Wildman–Crippen LogP) is 5.52. The van der Waals surface area contributed by atoms with Crippen molar-refractivity contribution in [1.29, 1.82) is 0 Å². The zero-order valence-corrected chi connectivity index (χ0v) is 22.5. The molecule has 0 radical (unpaired) electrons. The molecule has 5 heteroatoms. The Hall–Kier alpha value is -3.15. The van der Waals surface area contributed by atoms with Gasteiger partial charge in [-0.2, -0.15) is 0 Å². The minimum Gasteiger partial charge on any atom is -0.490 e. The lowest BCUT2D eigenvalue weighted by molar-refractivity contribution is 0.0934. The molecule has 2 heterocycles. The monoisotopic (exact) mass is 509 g/mol. The Morgan fingerprint density at radius 3 is 2.61 bits per heavy atom. The first-order chi connectivity index (χ1) is 18.6. The average molecular weight is 510 g/mol. The minimum absolute atomic E-state index is 0.0112. The first-order valence-corrected chi connectivity index (χ1v) is 14.3. The van der Waals surface area contributed by atoms with Crippen molar-refractivity contribution in [1.82, 2.24) is 15.1 Å². The minimum atomic E-state index is -0.0112. The Kier molecular flexibility index (Phi) is 7.48. The van der Waals surface area contributed by atoms with Crippen LogP contribution in [-0.4, -0.2) is 61.1 Å². The number of ether oxygens (including phenoxy) is 1. The summed E-state index contributed by atoms with van der Waals surface area (Å²) in [6.45, 7) is 4.91. The number of carbonyl (C=O) groups is 1. The molecule has 38 heavy (non-hydrogen) atoms. The number of piperidine rings is 1. The SMILES string of the molecule is CN1CCCC1CCNC(=O)c1cccc(OC2CCN(Cc3ccc4c(c3)-c3ccccc3C4)CC2)c1. The van der Waals surface area contributed by atoms with Gasteiger partial charge in [-0.3, -0.25) is 9.69 Å². The van der Waals surface area contributed by atoms with E-state index >= 15 is 0 Å². The van der Waals surface area contributed by atoms with Crippen molar-refractivity contribution in [3.05, 3.63) is 89.0 Å². The summed E-state index contributed by atoms with van der Waals surface area (Å²) in [6, 6.07) is 24.1. The van der Waals surface area contributed by atoms with Crippen LogP contribution in [0.25, 0.3) is 11.1 Å². The van der Waals surface area contributed by atoms with Crippen LogP contribution in [-0.2, 0) is 13.0 Å². The van der Waals surface area contributed by atoms with Crippen LogP contribution >= 0.6 is 0 Å². The number of nitrogens with zero attached hydrogens (tertiary/aromatic N) is 2. The highest BCUT2D eigenvalue weighted by Gasteiger charge is 2.23. The molecule has 1 atom stereocenters. The molecule has 1 amide bonds. The fourth-order valence-corrected chi connectivity index (χ4v) is 6.41. The van der Waals surface area contributed by atoms with Crippen molar-refractivity contribution in [2.75, 3.05) is 33.2 Å². The van der Waals surface area contributed by atoms with Crippen LogP contribution in [0.5, 0.6) is 5.75 Å². The van der Waals surface area contributed by atoms with Gasteiger partial charge in [0.25, 0.3) is 5.91 Å². The van der Waals surface area contributed by atoms with Crippen molar-refractivity contribution < 1.29 is 9.53 Å². The molecule has 2 aliphatic heterocycles. The Bertz CT molecular complexity index is 1280. The van der Waals surface area contributed by atoms with Crippen LogP contribution in [0.15, 0.2) is 66.7 Å². The maximum Gasteiger partial charge on any atom is 0.251 e. The molecular weight excluding hydrogens is 470 g/mol. The molecule has 2 fully saturated rings. The van der Waals surface area contributed by atoms with Gasteiger partial charge in [0.05, 0.1) is 0 Å². The summed E-state index contributed by atoms with van der Waals surface area (Å²) in [5.41, 5.74) is 7.76. The van der Waals surface area contributed by atoms with Crippen LogP contribution < -0.4 is 10.1 Å². The third kappa shape index (κ3) is 5.64. The number of likely N-dealkylation sites (tertiary alicyclic amines) is 2. The van der Waals surface area contributed by atoms with Gasteiger partial charge in [-0.1, -0.05) is 42.5 Å². The van der Waals surface area contributed by atoms with Crippen molar-refractivity contribution in [2.45, 2.75) is 57.2 Å². The molecule has 3 aliphatic rings. The molecule has 3 aromatic rings. The van der Waals surface area contributed by atoms with Crippen molar-refractivity contribution in [2.24, 2.45) is 0 Å². The summed E-state index contributed by atoms with van der Waals surface area (Å²) in [7, 11) is 2.18. The highest BCUT2D eigenvalue weighted by atomic mass is 16.5. The maximum absolute atomic E-state index is 12.7. The highest BCUT2D eigenvalue weighted by molar-refractivity contribution is 5.94. The van der Waals surface area contributed by atoms with Crippen molar-refractivity contribution in [3.63, 3.8) is 0 Å². The van der Waals surface area contributed by atoms with E-state index in [1.807, 2.05) is 24.3 Å². The second-order valence-corrected chi connectivity index (χ2v) is 11.3. The topological polar surface area (TPSA) is 44.8 Å². The van der Waals surface area contributed by atoms with E-state index in [0.29, 0.717) is 18.2 Å². The fraction of sp³-hybridized carbons (Fsp3) is 0.424. The van der Waals surface area contributed by atoms with Gasteiger partial charge in [-0.15, -0.1) is 0 Å². The van der Waals surface area contributed by atoms with Gasteiger partial charge in [0.2, 0.25) is 0 Å². The van der Waals surface area contributed by atoms with E-state index in [0.717, 1.165) is 51.1 Å². The standard InChI is InChI=1S/C33H39N3O2/c1-35-17-5-8-28(35)13-16-34-33(37)27-7-4-9-30(22-27)38-29-14-18-36(19-15-29)23-24-11-12-26-21-25-6-2-3-10-31(25)32(26)20-24/h2-4,6-7,9-12,20,22,28-29H,5,8,13-19,21,23H2,1H3,(H,34,37). The molecular formula is C33H39N3O2. The number of nitrogens with one attached hydrogen (secondary N) is 1. The van der Waals surface area contributed by atoms with Gasteiger partial charge < -0.3 is 15.0 Å². The smallest absolute Gasteiger partial charge is 0.251 e. The van der Waals surface area contributed by atoms with Crippen LogP contribution in [0.2, 0.25) is 0 Å². The van der Waals surface area contributed by atoms with Gasteiger partial charge in [0, 0.05) is 37.8 Å². The predicted molar refractivity (Wildman–Crippen MR) is 153 cm³/mol. The summed E-state index contributed by atoms with van der Waals surface area (Å²) >= 11 is 0. The van der Waals surface area contributed by atoms with Crippen LogP contribution in [0.4, 0.5) is 0 Å². The second-order valence-electron chi connectivity index (χ2n) is 11.3. The number of amides is 1. The lowest BCUT2D eigenvalue weighted by Gasteiger charge is -2.32. The lowest BCUT2D eigenvalue weighted by Crippen LogP contribution is -2.37. The molecule has 0 bridgehead atoms. The number of fused-ring (bicyclic) bond motifs is 3. The highest BCUT2D eigenvalue weighted by Crippen LogP contribution is 2.37. The van der Waals surface area contributed by atoms with Gasteiger partial charge >= 0.3 is 0 Å². The van der Waals surface area contributed by atoms with Crippen molar-refractivity contribution >= 4 is 5.91 Å². The van der Waals surface area contributed by atoms with E-state index < -0.39 is 0 Å². The first-order valence-electron chi connectivity index (χ1n) is 14.3. The normalized spacial score (nSPS) is 19.8. The summed E-state index contributed by atoms with van der Waals surface area (Å²) in [6.07, 6.45) is 6.74. The van der Waals surface area contributed by atoms with Gasteiger partial charge in [-0.25, -0.2) is 0 Å². The lowest BCUT2D eigenvalue weighted by atomic mass is 10.0. The molecule has 2 saturated heterocycles. The van der Waals surface area contributed by atoms with Crippen LogP contribution in [0.1, 0.15) is 59.2 Å². The Labute approximate surface area is 226 Å². The molecule has 6 rings (SSSR count). The van der Waals surface area contributed by atoms with E-state index in [-0.39, 0.29) is 12.0 Å². The molecule has 1 N–H and O–H groups in total. The summed E-state index contributed by atoms with van der Waals surface area (Å²) < 4.78 is 6.33. The molecule has 5 nitrogen and oxygen atoms in total. The summed E-state index contributed by atoms with van der Waals surface area (Å²) in [4.78, 5) is 17.6. The third-order valence-electron chi connectivity index (χ3n) is 8.64. The van der Waals surface area contributed by atoms with E-state index in [9.17, 15) is 4.79 Å². The largest absolute Gasteiger partial charge is 0.490 e. The van der Waals surface area contributed by atoms with E-state index in [1.165, 1.54) is 47.2 Å². The van der Waals surface area contributed by atoms with Gasteiger partial charge in [0.1, 0.15) is 11.9 Å². The van der Waals surface area contributed by atoms with Crippen LogP contribution in [0, 0.1) is 0 Å². The fourth-order valence-electron chi connectivity index (χ4n) is 6.41. The quantitative estimate of drug-likeness (QED) is 0.340. The zero-order chi connectivity index (χ0) is 25.9. The molecule has 1 aliphatic carbocycles. The molecule has 1 unspecified atom stereocenters. The van der Waals surface area contributed by atoms with E-state index in [2.05, 4.69) is 64.6 Å².